The number of carbonyl (C=O) groups excluding carboxylic acids is 3. The van der Waals surface area contributed by atoms with E-state index in [1.165, 1.54) is 0 Å². The first-order chi connectivity index (χ1) is 16.2. The number of hydrogen-bond donors (Lipinski definition) is 3. The second-order valence-corrected chi connectivity index (χ2v) is 10.6. The van der Waals surface area contributed by atoms with Crippen molar-refractivity contribution in [2.75, 3.05) is 13.2 Å². The molecule has 0 bridgehead atoms. The van der Waals surface area contributed by atoms with E-state index in [-0.39, 0.29) is 12.6 Å². The van der Waals surface area contributed by atoms with Crippen molar-refractivity contribution in [1.29, 1.82) is 0 Å². The number of benzene rings is 1. The monoisotopic (exact) mass is 493 g/mol. The molecule has 2 atom stereocenters. The van der Waals surface area contributed by atoms with Gasteiger partial charge in [-0.15, -0.1) is 0 Å². The van der Waals surface area contributed by atoms with Gasteiger partial charge in [0.1, 0.15) is 17.8 Å². The van der Waals surface area contributed by atoms with Gasteiger partial charge in [0.05, 0.1) is 6.04 Å². The van der Waals surface area contributed by atoms with Gasteiger partial charge in [0, 0.05) is 12.6 Å². The Kier molecular flexibility index (Phi) is 12.4. The predicted molar refractivity (Wildman–Crippen MR) is 135 cm³/mol. The molecule has 9 heteroatoms. The molecule has 3 amide bonds. The standard InChI is InChI=1S/C26H43N3O6/c1-19(17-20-13-9-8-10-14-20)28-23(31)33-18-21(29-24(32)35-26(5,6)7)15-11-12-16-27-22(30)34-25(2,3)4/h8-10,13-14,19,21H,11-12,15-18H2,1-7H3,(H,27,30)(H,28,31)(H,29,32). The van der Waals surface area contributed by atoms with Crippen molar-refractivity contribution < 1.29 is 28.6 Å². The Morgan fingerprint density at radius 2 is 1.43 bits per heavy atom. The van der Waals surface area contributed by atoms with E-state index in [9.17, 15) is 14.4 Å². The van der Waals surface area contributed by atoms with Gasteiger partial charge >= 0.3 is 18.3 Å². The molecule has 0 fully saturated rings. The molecule has 1 aromatic carbocycles. The molecule has 0 aliphatic rings. The van der Waals surface area contributed by atoms with Crippen molar-refractivity contribution in [3.63, 3.8) is 0 Å². The quantitative estimate of drug-likeness (QED) is 0.297. The Morgan fingerprint density at radius 1 is 0.829 bits per heavy atom. The van der Waals surface area contributed by atoms with Crippen LogP contribution in [0.25, 0.3) is 0 Å². The molecule has 0 aliphatic carbocycles. The van der Waals surface area contributed by atoms with Crippen LogP contribution in [0, 0.1) is 0 Å². The highest BCUT2D eigenvalue weighted by Crippen LogP contribution is 2.10. The minimum atomic E-state index is -0.642. The fraction of sp³-hybridized carbons (Fsp3) is 0.654. The molecule has 0 spiro atoms. The van der Waals surface area contributed by atoms with E-state index in [2.05, 4.69) is 16.0 Å². The van der Waals surface area contributed by atoms with Crippen LogP contribution in [-0.4, -0.2) is 54.7 Å². The molecule has 198 valence electrons. The Bertz CT molecular complexity index is 787. The Balaban J connectivity index is 2.49. The summed E-state index contributed by atoms with van der Waals surface area (Å²) in [5, 5.41) is 8.30. The van der Waals surface area contributed by atoms with E-state index in [0.717, 1.165) is 5.56 Å². The van der Waals surface area contributed by atoms with Crippen LogP contribution in [-0.2, 0) is 20.6 Å². The summed E-state index contributed by atoms with van der Waals surface area (Å²) in [6.07, 6.45) is 0.998. The molecule has 35 heavy (non-hydrogen) atoms. The number of carbonyl (C=O) groups is 3. The second kappa shape index (κ2) is 14.4. The van der Waals surface area contributed by atoms with Crippen LogP contribution in [0.3, 0.4) is 0 Å². The normalized spacial score (nSPS) is 13.2. The first kappa shape index (κ1) is 30.1. The molecule has 2 unspecified atom stereocenters. The number of unbranched alkanes of at least 4 members (excludes halogenated alkanes) is 1. The fourth-order valence-electron chi connectivity index (χ4n) is 3.13. The van der Waals surface area contributed by atoms with Crippen molar-refractivity contribution in [3.8, 4) is 0 Å². The van der Waals surface area contributed by atoms with Gasteiger partial charge in [-0.1, -0.05) is 30.3 Å². The number of amides is 3. The van der Waals surface area contributed by atoms with Crippen LogP contribution in [0.4, 0.5) is 14.4 Å². The molecule has 0 saturated heterocycles. The number of rotatable bonds is 11. The molecule has 0 aromatic heterocycles. The highest BCUT2D eigenvalue weighted by Gasteiger charge is 2.21. The van der Waals surface area contributed by atoms with E-state index >= 15 is 0 Å². The number of nitrogens with one attached hydrogen (secondary N) is 3. The molecule has 1 aromatic rings. The fourth-order valence-corrected chi connectivity index (χ4v) is 3.13. The minimum absolute atomic E-state index is 0.00261. The topological polar surface area (TPSA) is 115 Å². The maximum atomic E-state index is 12.3. The number of hydrogen-bond acceptors (Lipinski definition) is 6. The smallest absolute Gasteiger partial charge is 0.407 e. The third kappa shape index (κ3) is 16.3. The van der Waals surface area contributed by atoms with Crippen molar-refractivity contribution in [2.45, 2.75) is 97.4 Å². The van der Waals surface area contributed by atoms with Gasteiger partial charge in [-0.25, -0.2) is 14.4 Å². The van der Waals surface area contributed by atoms with Crippen LogP contribution in [0.5, 0.6) is 0 Å². The van der Waals surface area contributed by atoms with Crippen molar-refractivity contribution in [2.24, 2.45) is 0 Å². The summed E-state index contributed by atoms with van der Waals surface area (Å²) in [7, 11) is 0. The van der Waals surface area contributed by atoms with E-state index in [4.69, 9.17) is 14.2 Å². The lowest BCUT2D eigenvalue weighted by Gasteiger charge is -2.24. The van der Waals surface area contributed by atoms with Crippen LogP contribution in [0.2, 0.25) is 0 Å². The zero-order valence-electron chi connectivity index (χ0n) is 22.2. The van der Waals surface area contributed by atoms with E-state index in [1.54, 1.807) is 41.5 Å². The molecule has 0 radical (unpaired) electrons. The van der Waals surface area contributed by atoms with Gasteiger partial charge < -0.3 is 30.2 Å². The number of ether oxygens (including phenoxy) is 3. The van der Waals surface area contributed by atoms with Gasteiger partial charge in [0.25, 0.3) is 0 Å². The van der Waals surface area contributed by atoms with Crippen LogP contribution < -0.4 is 16.0 Å². The van der Waals surface area contributed by atoms with E-state index in [1.807, 2.05) is 37.3 Å². The first-order valence-corrected chi connectivity index (χ1v) is 12.2. The average Bonchev–Trinajstić information content (AvgIpc) is 2.69. The van der Waals surface area contributed by atoms with Gasteiger partial charge in [-0.05, 0) is 79.7 Å². The minimum Gasteiger partial charge on any atom is -0.447 e. The summed E-state index contributed by atoms with van der Waals surface area (Å²) in [4.78, 5) is 36.3. The highest BCUT2D eigenvalue weighted by molar-refractivity contribution is 5.69. The van der Waals surface area contributed by atoms with E-state index in [0.29, 0.717) is 32.2 Å². The molecule has 3 N–H and O–H groups in total. The lowest BCUT2D eigenvalue weighted by Crippen LogP contribution is -2.43. The van der Waals surface area contributed by atoms with Gasteiger partial charge in [-0.3, -0.25) is 0 Å². The summed E-state index contributed by atoms with van der Waals surface area (Å²) >= 11 is 0. The lowest BCUT2D eigenvalue weighted by atomic mass is 10.1. The third-order valence-electron chi connectivity index (χ3n) is 4.53. The molecule has 1 rings (SSSR count). The zero-order valence-corrected chi connectivity index (χ0v) is 22.2. The average molecular weight is 494 g/mol. The second-order valence-electron chi connectivity index (χ2n) is 10.6. The van der Waals surface area contributed by atoms with Gasteiger partial charge in [0.15, 0.2) is 0 Å². The first-order valence-electron chi connectivity index (χ1n) is 12.2. The van der Waals surface area contributed by atoms with Crippen LogP contribution in [0.1, 0.15) is 73.3 Å². The summed E-state index contributed by atoms with van der Waals surface area (Å²) < 4.78 is 15.9. The largest absolute Gasteiger partial charge is 0.447 e. The summed E-state index contributed by atoms with van der Waals surface area (Å²) in [6, 6.07) is 9.32. The molecule has 0 heterocycles. The molecule has 9 nitrogen and oxygen atoms in total. The third-order valence-corrected chi connectivity index (χ3v) is 4.53. The Morgan fingerprint density at radius 3 is 2.03 bits per heavy atom. The summed E-state index contributed by atoms with van der Waals surface area (Å²) in [5.74, 6) is 0. The zero-order chi connectivity index (χ0) is 26.5. The van der Waals surface area contributed by atoms with Crippen LogP contribution in [0.15, 0.2) is 30.3 Å². The van der Waals surface area contributed by atoms with E-state index < -0.39 is 35.5 Å². The summed E-state index contributed by atoms with van der Waals surface area (Å²) in [6.45, 7) is 13.1. The predicted octanol–water partition coefficient (Wildman–Crippen LogP) is 4.93. The summed E-state index contributed by atoms with van der Waals surface area (Å²) in [5.41, 5.74) is -0.0788. The Labute approximate surface area is 209 Å². The maximum absolute atomic E-state index is 12.3. The molecule has 0 saturated carbocycles. The van der Waals surface area contributed by atoms with Crippen molar-refractivity contribution >= 4 is 18.3 Å². The Hall–Kier alpha value is -2.97. The van der Waals surface area contributed by atoms with Crippen LogP contribution >= 0.6 is 0 Å². The van der Waals surface area contributed by atoms with Crippen molar-refractivity contribution in [3.05, 3.63) is 35.9 Å². The number of alkyl carbamates (subject to hydrolysis) is 3. The van der Waals surface area contributed by atoms with Crippen molar-refractivity contribution in [1.82, 2.24) is 16.0 Å². The van der Waals surface area contributed by atoms with Gasteiger partial charge in [0.2, 0.25) is 0 Å². The molecular formula is C26H43N3O6. The highest BCUT2D eigenvalue weighted by atomic mass is 16.6. The molecule has 0 aliphatic heterocycles. The molecular weight excluding hydrogens is 450 g/mol. The lowest BCUT2D eigenvalue weighted by molar-refractivity contribution is 0.0465. The SMILES string of the molecule is CC(Cc1ccccc1)NC(=O)OCC(CCCCNC(=O)OC(C)(C)C)NC(=O)OC(C)(C)C. The van der Waals surface area contributed by atoms with Gasteiger partial charge in [-0.2, -0.15) is 0 Å². The maximum Gasteiger partial charge on any atom is 0.407 e.